The van der Waals surface area contributed by atoms with Crippen LogP contribution in [-0.4, -0.2) is 22.1 Å². The fourth-order valence-electron chi connectivity index (χ4n) is 9.34. The van der Waals surface area contributed by atoms with E-state index in [0.29, 0.717) is 23.7 Å². The quantitative estimate of drug-likeness (QED) is 0.232. The van der Waals surface area contributed by atoms with Crippen molar-refractivity contribution < 1.29 is 15.3 Å². The first-order chi connectivity index (χ1) is 15.6. The Morgan fingerprint density at radius 1 is 1.06 bits per heavy atom. The lowest BCUT2D eigenvalue weighted by molar-refractivity contribution is -0.346. The summed E-state index contributed by atoms with van der Waals surface area (Å²) in [6.07, 6.45) is 13.0. The second-order valence-corrected chi connectivity index (χ2v) is 13.1. The van der Waals surface area contributed by atoms with E-state index in [9.17, 15) is 10.4 Å². The lowest BCUT2D eigenvalue weighted by Crippen LogP contribution is -2.59. The van der Waals surface area contributed by atoms with Gasteiger partial charge in [-0.2, -0.15) is 0 Å². The fourth-order valence-corrected chi connectivity index (χ4v) is 9.34. The summed E-state index contributed by atoms with van der Waals surface area (Å²) < 4.78 is 0. The van der Waals surface area contributed by atoms with Gasteiger partial charge in [0, 0.05) is 5.41 Å². The normalized spacial score (nSPS) is 44.6. The van der Waals surface area contributed by atoms with E-state index in [-0.39, 0.29) is 16.9 Å². The molecule has 3 saturated carbocycles. The largest absolute Gasteiger partial charge is 0.389 e. The van der Waals surface area contributed by atoms with Gasteiger partial charge in [-0.25, -0.2) is 4.89 Å². The summed E-state index contributed by atoms with van der Waals surface area (Å²) in [7, 11) is 0. The molecule has 0 saturated heterocycles. The second kappa shape index (κ2) is 9.10. The number of allylic oxidation sites excluding steroid dienone is 1. The van der Waals surface area contributed by atoms with Gasteiger partial charge >= 0.3 is 0 Å². The third-order valence-corrected chi connectivity index (χ3v) is 11.6. The average Bonchev–Trinajstić information content (AvgIpc) is 3.10. The van der Waals surface area contributed by atoms with Gasteiger partial charge in [0.05, 0.1) is 6.10 Å². The molecule has 0 heterocycles. The van der Waals surface area contributed by atoms with Crippen LogP contribution in [-0.2, 0) is 4.89 Å². The summed E-state index contributed by atoms with van der Waals surface area (Å²) in [5.74, 6) is 3.55. The van der Waals surface area contributed by atoms with Gasteiger partial charge in [-0.3, -0.25) is 5.26 Å². The van der Waals surface area contributed by atoms with E-state index < -0.39 is 5.60 Å². The van der Waals surface area contributed by atoms with Crippen LogP contribution in [0.2, 0.25) is 0 Å². The molecule has 9 atom stereocenters. The van der Waals surface area contributed by atoms with Crippen molar-refractivity contribution in [2.24, 2.45) is 46.3 Å². The Bertz CT molecular complexity index is 771. The molecule has 3 heteroatoms. The molecule has 0 bridgehead atoms. The third-order valence-electron chi connectivity index (χ3n) is 11.6. The van der Waals surface area contributed by atoms with E-state index in [0.717, 1.165) is 62.4 Å². The van der Waals surface area contributed by atoms with Gasteiger partial charge < -0.3 is 5.11 Å². The molecule has 0 aromatic heterocycles. The number of aliphatic hydroxyl groups excluding tert-OH is 1. The number of hydrogen-bond acceptors (Lipinski definition) is 3. The van der Waals surface area contributed by atoms with Crippen molar-refractivity contribution in [2.75, 3.05) is 0 Å². The molecule has 0 radical (unpaired) electrons. The standard InChI is InChI=1S/C30H50O3/c1-8-22(19(2)3)10-9-20(4)23-14-18-30(33-32)26-12-11-24-21(5)27(31)15-16-28(24,6)25(26)13-17-29(23,30)7/h12,19-20,22-25,27,31-32H,5,8-11,13-18H2,1-4,6-7H3. The van der Waals surface area contributed by atoms with E-state index in [1.54, 1.807) is 0 Å². The van der Waals surface area contributed by atoms with E-state index in [4.69, 9.17) is 4.89 Å². The average molecular weight is 459 g/mol. The lowest BCUT2D eigenvalue weighted by Gasteiger charge is -2.61. The SMILES string of the molecule is C=C1C(O)CCC2(C)C1CC=C1C2CCC2(C)C(C(C)CCC(CC)C(C)C)CCC12OO. The van der Waals surface area contributed by atoms with Crippen LogP contribution in [0.15, 0.2) is 23.8 Å². The zero-order chi connectivity index (χ0) is 24.2. The van der Waals surface area contributed by atoms with Crippen molar-refractivity contribution in [1.29, 1.82) is 0 Å². The molecule has 3 fully saturated rings. The predicted octanol–water partition coefficient (Wildman–Crippen LogP) is 7.80. The van der Waals surface area contributed by atoms with Gasteiger partial charge in [-0.05, 0) is 103 Å². The fraction of sp³-hybridized carbons (Fsp3) is 0.867. The highest BCUT2D eigenvalue weighted by Gasteiger charge is 2.67. The van der Waals surface area contributed by atoms with Gasteiger partial charge in [0.2, 0.25) is 0 Å². The molecule has 0 amide bonds. The smallest absolute Gasteiger partial charge is 0.130 e. The summed E-state index contributed by atoms with van der Waals surface area (Å²) in [6, 6.07) is 0. The minimum atomic E-state index is -0.539. The molecule has 2 N–H and O–H groups in total. The molecular weight excluding hydrogens is 408 g/mol. The Morgan fingerprint density at radius 2 is 1.79 bits per heavy atom. The number of hydrogen-bond donors (Lipinski definition) is 2. The van der Waals surface area contributed by atoms with Crippen molar-refractivity contribution in [2.45, 2.75) is 117 Å². The zero-order valence-corrected chi connectivity index (χ0v) is 22.2. The topological polar surface area (TPSA) is 49.7 Å². The summed E-state index contributed by atoms with van der Waals surface area (Å²) >= 11 is 0. The molecule has 0 aromatic carbocycles. The molecule has 0 spiro atoms. The van der Waals surface area contributed by atoms with Crippen LogP contribution in [0.3, 0.4) is 0 Å². The number of fused-ring (bicyclic) bond motifs is 5. The van der Waals surface area contributed by atoms with Crippen LogP contribution in [0.25, 0.3) is 0 Å². The first-order valence-corrected chi connectivity index (χ1v) is 14.0. The molecule has 4 aliphatic carbocycles. The van der Waals surface area contributed by atoms with Crippen LogP contribution in [0.4, 0.5) is 0 Å². The van der Waals surface area contributed by atoms with Crippen LogP contribution in [0.1, 0.15) is 106 Å². The van der Waals surface area contributed by atoms with E-state index in [2.05, 4.69) is 54.2 Å². The summed E-state index contributed by atoms with van der Waals surface area (Å²) in [5.41, 5.74) is 1.97. The summed E-state index contributed by atoms with van der Waals surface area (Å²) in [4.78, 5) is 5.67. The van der Waals surface area contributed by atoms with Crippen molar-refractivity contribution in [3.8, 4) is 0 Å². The Kier molecular flexibility index (Phi) is 7.02. The van der Waals surface area contributed by atoms with Crippen LogP contribution in [0.5, 0.6) is 0 Å². The van der Waals surface area contributed by atoms with Crippen molar-refractivity contribution >= 4 is 0 Å². The van der Waals surface area contributed by atoms with E-state index in [1.807, 2.05) is 0 Å². The number of aliphatic hydroxyl groups is 1. The molecule has 33 heavy (non-hydrogen) atoms. The maximum atomic E-state index is 10.6. The van der Waals surface area contributed by atoms with Gasteiger partial charge in [0.1, 0.15) is 5.60 Å². The van der Waals surface area contributed by atoms with E-state index >= 15 is 0 Å². The molecule has 0 aliphatic heterocycles. The molecule has 0 aromatic rings. The first-order valence-electron chi connectivity index (χ1n) is 14.0. The monoisotopic (exact) mass is 458 g/mol. The molecule has 3 nitrogen and oxygen atoms in total. The maximum Gasteiger partial charge on any atom is 0.130 e. The summed E-state index contributed by atoms with van der Waals surface area (Å²) in [6.45, 7) is 18.7. The van der Waals surface area contributed by atoms with Gasteiger partial charge in [-0.15, -0.1) is 0 Å². The van der Waals surface area contributed by atoms with Gasteiger partial charge in [0.25, 0.3) is 0 Å². The van der Waals surface area contributed by atoms with E-state index in [1.165, 1.54) is 24.8 Å². The summed E-state index contributed by atoms with van der Waals surface area (Å²) in [5, 5.41) is 21.0. The van der Waals surface area contributed by atoms with Crippen molar-refractivity contribution in [3.63, 3.8) is 0 Å². The minimum Gasteiger partial charge on any atom is -0.389 e. The molecule has 9 unspecified atom stereocenters. The Labute approximate surface area is 203 Å². The highest BCUT2D eigenvalue weighted by Crippen LogP contribution is 2.70. The van der Waals surface area contributed by atoms with Crippen LogP contribution >= 0.6 is 0 Å². The highest BCUT2D eigenvalue weighted by molar-refractivity contribution is 5.38. The molecule has 4 aliphatic rings. The second-order valence-electron chi connectivity index (χ2n) is 13.1. The Balaban J connectivity index is 1.60. The van der Waals surface area contributed by atoms with Crippen molar-refractivity contribution in [1.82, 2.24) is 0 Å². The van der Waals surface area contributed by atoms with Crippen molar-refractivity contribution in [3.05, 3.63) is 23.8 Å². The lowest BCUT2D eigenvalue weighted by atomic mass is 9.45. The zero-order valence-electron chi connectivity index (χ0n) is 22.2. The van der Waals surface area contributed by atoms with Crippen LogP contribution < -0.4 is 0 Å². The predicted molar refractivity (Wildman–Crippen MR) is 136 cm³/mol. The Morgan fingerprint density at radius 3 is 2.42 bits per heavy atom. The van der Waals surface area contributed by atoms with Gasteiger partial charge in [-0.1, -0.05) is 67.0 Å². The molecule has 188 valence electrons. The first kappa shape index (κ1) is 25.5. The molecular formula is C30H50O3. The third kappa shape index (κ3) is 3.71. The van der Waals surface area contributed by atoms with Crippen LogP contribution in [0, 0.1) is 46.3 Å². The Hall–Kier alpha value is -0.640. The number of rotatable bonds is 7. The molecule has 4 rings (SSSR count). The maximum absolute atomic E-state index is 10.6. The van der Waals surface area contributed by atoms with Gasteiger partial charge in [0.15, 0.2) is 0 Å². The highest BCUT2D eigenvalue weighted by atomic mass is 17.1. The minimum absolute atomic E-state index is 0.0164.